The molecule has 2 nitrogen and oxygen atoms in total. The van der Waals surface area contributed by atoms with Crippen molar-refractivity contribution in [2.24, 2.45) is 0 Å². The van der Waals surface area contributed by atoms with Crippen molar-refractivity contribution in [2.75, 3.05) is 20.1 Å². The molecule has 0 saturated heterocycles. The average molecular weight is 257 g/mol. The molecule has 0 bridgehead atoms. The molecule has 1 N–H and O–H groups in total. The van der Waals surface area contributed by atoms with E-state index >= 15 is 0 Å². The topological polar surface area (TPSA) is 15.3 Å². The van der Waals surface area contributed by atoms with E-state index in [0.717, 1.165) is 19.1 Å². The summed E-state index contributed by atoms with van der Waals surface area (Å²) in [5.41, 5.74) is 0.559. The van der Waals surface area contributed by atoms with Crippen LogP contribution in [0.4, 0.5) is 4.39 Å². The van der Waals surface area contributed by atoms with Gasteiger partial charge in [0.25, 0.3) is 0 Å². The van der Waals surface area contributed by atoms with Gasteiger partial charge in [-0.05, 0) is 32.0 Å². The molecule has 0 aliphatic heterocycles. The van der Waals surface area contributed by atoms with Crippen molar-refractivity contribution in [2.45, 2.75) is 25.4 Å². The molecule has 1 saturated carbocycles. The van der Waals surface area contributed by atoms with Crippen molar-refractivity contribution in [1.29, 1.82) is 0 Å². The zero-order valence-corrected chi connectivity index (χ0v) is 10.8. The monoisotopic (exact) mass is 256 g/mol. The molecule has 1 aromatic carbocycles. The Kier molecular flexibility index (Phi) is 4.37. The second-order valence-electron chi connectivity index (χ2n) is 4.59. The SMILES string of the molecule is CN(CCNCc1c(F)cccc1Cl)C1CC1. The van der Waals surface area contributed by atoms with Gasteiger partial charge in [-0.15, -0.1) is 0 Å². The predicted octanol–water partition coefficient (Wildman–Crippen LogP) is 2.66. The number of hydrogen-bond donors (Lipinski definition) is 1. The Hall–Kier alpha value is -0.640. The summed E-state index contributed by atoms with van der Waals surface area (Å²) in [7, 11) is 2.13. The Bertz CT molecular complexity index is 359. The summed E-state index contributed by atoms with van der Waals surface area (Å²) < 4.78 is 13.4. The van der Waals surface area contributed by atoms with Crippen molar-refractivity contribution in [1.82, 2.24) is 10.2 Å². The molecule has 0 atom stereocenters. The molecule has 1 aromatic rings. The van der Waals surface area contributed by atoms with Crippen LogP contribution in [0, 0.1) is 5.82 Å². The number of nitrogens with zero attached hydrogens (tertiary/aromatic N) is 1. The number of nitrogens with one attached hydrogen (secondary N) is 1. The highest BCUT2D eigenvalue weighted by Gasteiger charge is 2.25. The fourth-order valence-corrected chi connectivity index (χ4v) is 2.10. The Morgan fingerprint density at radius 3 is 2.88 bits per heavy atom. The number of benzene rings is 1. The van der Waals surface area contributed by atoms with E-state index in [1.807, 2.05) is 0 Å². The lowest BCUT2D eigenvalue weighted by Crippen LogP contribution is -2.30. The van der Waals surface area contributed by atoms with Gasteiger partial charge in [-0.1, -0.05) is 17.7 Å². The summed E-state index contributed by atoms with van der Waals surface area (Å²) in [5.74, 6) is -0.236. The lowest BCUT2D eigenvalue weighted by molar-refractivity contribution is 0.321. The molecule has 1 fully saturated rings. The molecule has 0 amide bonds. The first kappa shape index (κ1) is 12.8. The first-order valence-corrected chi connectivity index (χ1v) is 6.40. The largest absolute Gasteiger partial charge is 0.311 e. The van der Waals surface area contributed by atoms with Gasteiger partial charge < -0.3 is 10.2 Å². The Morgan fingerprint density at radius 2 is 2.24 bits per heavy atom. The molecular weight excluding hydrogens is 239 g/mol. The molecule has 17 heavy (non-hydrogen) atoms. The van der Waals surface area contributed by atoms with Gasteiger partial charge in [0.05, 0.1) is 0 Å². The summed E-state index contributed by atoms with van der Waals surface area (Å²) in [4.78, 5) is 2.34. The third-order valence-electron chi connectivity index (χ3n) is 3.17. The molecule has 0 heterocycles. The second-order valence-corrected chi connectivity index (χ2v) is 5.00. The van der Waals surface area contributed by atoms with Crippen LogP contribution in [-0.4, -0.2) is 31.1 Å². The van der Waals surface area contributed by atoms with Gasteiger partial charge in [-0.3, -0.25) is 0 Å². The van der Waals surface area contributed by atoms with Crippen LogP contribution < -0.4 is 5.32 Å². The van der Waals surface area contributed by atoms with Crippen LogP contribution in [0.2, 0.25) is 5.02 Å². The first-order valence-electron chi connectivity index (χ1n) is 6.02. The van der Waals surface area contributed by atoms with Crippen molar-refractivity contribution < 1.29 is 4.39 Å². The molecule has 2 rings (SSSR count). The van der Waals surface area contributed by atoms with Gasteiger partial charge in [0.15, 0.2) is 0 Å². The Morgan fingerprint density at radius 1 is 1.47 bits per heavy atom. The molecule has 94 valence electrons. The smallest absolute Gasteiger partial charge is 0.129 e. The molecule has 0 radical (unpaired) electrons. The van der Waals surface area contributed by atoms with Crippen molar-refractivity contribution >= 4 is 11.6 Å². The van der Waals surface area contributed by atoms with Gasteiger partial charge >= 0.3 is 0 Å². The van der Waals surface area contributed by atoms with Crippen molar-refractivity contribution in [3.05, 3.63) is 34.6 Å². The van der Waals surface area contributed by atoms with E-state index in [1.54, 1.807) is 12.1 Å². The number of halogens is 2. The van der Waals surface area contributed by atoms with Gasteiger partial charge in [0, 0.05) is 36.3 Å². The standard InChI is InChI=1S/C13H18ClFN2/c1-17(10-5-6-10)8-7-16-9-11-12(14)3-2-4-13(11)15/h2-4,10,16H,5-9H2,1H3. The molecular formula is C13H18ClFN2. The fourth-order valence-electron chi connectivity index (χ4n) is 1.87. The van der Waals surface area contributed by atoms with Crippen LogP contribution >= 0.6 is 11.6 Å². The van der Waals surface area contributed by atoms with E-state index in [2.05, 4.69) is 17.3 Å². The minimum absolute atomic E-state index is 0.236. The second kappa shape index (κ2) is 5.80. The maximum Gasteiger partial charge on any atom is 0.129 e. The van der Waals surface area contributed by atoms with Crippen LogP contribution in [0.25, 0.3) is 0 Å². The highest BCUT2D eigenvalue weighted by atomic mass is 35.5. The minimum Gasteiger partial charge on any atom is -0.311 e. The highest BCUT2D eigenvalue weighted by molar-refractivity contribution is 6.31. The van der Waals surface area contributed by atoms with Gasteiger partial charge in [-0.2, -0.15) is 0 Å². The third-order valence-corrected chi connectivity index (χ3v) is 3.53. The Balaban J connectivity index is 1.74. The van der Waals surface area contributed by atoms with Crippen LogP contribution in [0.15, 0.2) is 18.2 Å². The van der Waals surface area contributed by atoms with Crippen LogP contribution in [0.1, 0.15) is 18.4 Å². The minimum atomic E-state index is -0.236. The summed E-state index contributed by atoms with van der Waals surface area (Å²) in [6, 6.07) is 5.56. The van der Waals surface area contributed by atoms with Crippen LogP contribution in [0.5, 0.6) is 0 Å². The number of rotatable bonds is 6. The molecule has 0 aromatic heterocycles. The molecule has 1 aliphatic rings. The van der Waals surface area contributed by atoms with Gasteiger partial charge in [-0.25, -0.2) is 4.39 Å². The maximum atomic E-state index is 13.4. The molecule has 0 spiro atoms. The quantitative estimate of drug-likeness (QED) is 0.788. The van der Waals surface area contributed by atoms with E-state index in [9.17, 15) is 4.39 Å². The van der Waals surface area contributed by atoms with E-state index in [-0.39, 0.29) is 5.82 Å². The molecule has 1 aliphatic carbocycles. The number of hydrogen-bond acceptors (Lipinski definition) is 2. The average Bonchev–Trinajstić information content (AvgIpc) is 3.11. The Labute approximate surface area is 107 Å². The molecule has 0 unspecified atom stereocenters. The summed E-state index contributed by atoms with van der Waals surface area (Å²) in [5, 5.41) is 3.72. The highest BCUT2D eigenvalue weighted by Crippen LogP contribution is 2.24. The van der Waals surface area contributed by atoms with Crippen LogP contribution in [0.3, 0.4) is 0 Å². The normalized spacial score (nSPS) is 15.5. The van der Waals surface area contributed by atoms with Gasteiger partial charge in [0.1, 0.15) is 5.82 Å². The van der Waals surface area contributed by atoms with E-state index < -0.39 is 0 Å². The zero-order chi connectivity index (χ0) is 12.3. The van der Waals surface area contributed by atoms with E-state index in [0.29, 0.717) is 17.1 Å². The summed E-state index contributed by atoms with van der Waals surface area (Å²) in [6.07, 6.45) is 2.63. The number of likely N-dealkylation sites (N-methyl/N-ethyl adjacent to an activating group) is 1. The summed E-state index contributed by atoms with van der Waals surface area (Å²) >= 11 is 5.94. The van der Waals surface area contributed by atoms with Gasteiger partial charge in [0.2, 0.25) is 0 Å². The summed E-state index contributed by atoms with van der Waals surface area (Å²) in [6.45, 7) is 2.35. The van der Waals surface area contributed by atoms with Crippen LogP contribution in [-0.2, 0) is 6.54 Å². The van der Waals surface area contributed by atoms with Crippen molar-refractivity contribution in [3.8, 4) is 0 Å². The third kappa shape index (κ3) is 3.66. The predicted molar refractivity (Wildman–Crippen MR) is 68.8 cm³/mol. The molecule has 4 heteroatoms. The lowest BCUT2D eigenvalue weighted by Gasteiger charge is -2.16. The maximum absolute atomic E-state index is 13.4. The van der Waals surface area contributed by atoms with E-state index in [4.69, 9.17) is 11.6 Å². The first-order chi connectivity index (χ1) is 8.18. The van der Waals surface area contributed by atoms with E-state index in [1.165, 1.54) is 18.9 Å². The van der Waals surface area contributed by atoms with Crippen molar-refractivity contribution in [3.63, 3.8) is 0 Å². The zero-order valence-electron chi connectivity index (χ0n) is 10.0. The fraction of sp³-hybridized carbons (Fsp3) is 0.538. The lowest BCUT2D eigenvalue weighted by atomic mass is 10.2.